The molecule has 1 aromatic heterocycles. The summed E-state index contributed by atoms with van der Waals surface area (Å²) in [7, 11) is 0. The van der Waals surface area contributed by atoms with Gasteiger partial charge in [-0.3, -0.25) is 9.59 Å². The Bertz CT molecular complexity index is 2090. The predicted molar refractivity (Wildman–Crippen MR) is 203 cm³/mol. The van der Waals surface area contributed by atoms with Crippen molar-refractivity contribution in [2.24, 2.45) is 5.10 Å². The van der Waals surface area contributed by atoms with Crippen LogP contribution in [0.3, 0.4) is 0 Å². The number of halogens is 2. The van der Waals surface area contributed by atoms with Crippen molar-refractivity contribution >= 4 is 60.6 Å². The molecule has 0 radical (unpaired) electrons. The number of aromatic nitrogens is 2. The van der Waals surface area contributed by atoms with Crippen molar-refractivity contribution in [3.05, 3.63) is 108 Å². The smallest absolute Gasteiger partial charge is 0.282 e. The third-order valence-electron chi connectivity index (χ3n) is 7.72. The Balaban J connectivity index is 1.55. The number of amides is 1. The zero-order valence-electron chi connectivity index (χ0n) is 28.3. The summed E-state index contributed by atoms with van der Waals surface area (Å²) in [6.45, 7) is 12.6. The molecule has 9 nitrogen and oxygen atoms in total. The van der Waals surface area contributed by atoms with Crippen molar-refractivity contribution in [2.45, 2.75) is 47.5 Å². The topological polar surface area (TPSA) is 104 Å². The van der Waals surface area contributed by atoms with E-state index in [4.69, 9.17) is 24.3 Å². The van der Waals surface area contributed by atoms with Crippen molar-refractivity contribution < 1.29 is 19.0 Å². The fraction of sp³-hybridized carbons (Fsp3) is 0.263. The van der Waals surface area contributed by atoms with Gasteiger partial charge in [-0.1, -0.05) is 43.7 Å². The van der Waals surface area contributed by atoms with Gasteiger partial charge >= 0.3 is 0 Å². The number of ether oxygens (including phenoxy) is 3. The summed E-state index contributed by atoms with van der Waals surface area (Å²) in [5.74, 6) is 1.81. The third-order valence-corrected chi connectivity index (χ3v) is 9.87. The van der Waals surface area contributed by atoms with Crippen molar-refractivity contribution in [3.63, 3.8) is 0 Å². The lowest BCUT2D eigenvalue weighted by atomic mass is 9.96. The first-order valence-corrected chi connectivity index (χ1v) is 17.6. The quantitative estimate of drug-likeness (QED) is 0.127. The maximum Gasteiger partial charge on any atom is 0.282 e. The first-order chi connectivity index (χ1) is 23.5. The number of benzene rings is 4. The SMILES string of the molecule is CCOc1cc(C)c(-c2nc3ccccc3c(=O)n2N=Cc2cc(OCC)c(OCC(=O)Nc3ccc(C)cc3)c(Br)c2Br)cc1C(C)C. The molecule has 5 aromatic rings. The van der Waals surface area contributed by atoms with E-state index in [0.717, 1.165) is 28.0 Å². The van der Waals surface area contributed by atoms with Crippen LogP contribution in [0, 0.1) is 13.8 Å². The number of hydrogen-bond acceptors (Lipinski definition) is 7. The Morgan fingerprint density at radius 1 is 0.939 bits per heavy atom. The summed E-state index contributed by atoms with van der Waals surface area (Å²) < 4.78 is 20.3. The summed E-state index contributed by atoms with van der Waals surface area (Å²) in [6, 6.07) is 20.5. The molecule has 0 saturated carbocycles. The average molecular weight is 791 g/mol. The molecule has 254 valence electrons. The molecule has 1 heterocycles. The molecule has 0 saturated heterocycles. The van der Waals surface area contributed by atoms with Gasteiger partial charge in [-0.25, -0.2) is 4.98 Å². The fourth-order valence-electron chi connectivity index (χ4n) is 5.26. The molecule has 0 aliphatic carbocycles. The maximum absolute atomic E-state index is 14.0. The van der Waals surface area contributed by atoms with E-state index in [9.17, 15) is 9.59 Å². The molecule has 1 N–H and O–H groups in total. The van der Waals surface area contributed by atoms with Gasteiger partial charge in [0.25, 0.3) is 11.5 Å². The van der Waals surface area contributed by atoms with Crippen LogP contribution >= 0.6 is 31.9 Å². The normalized spacial score (nSPS) is 11.4. The Labute approximate surface area is 302 Å². The molecule has 0 unspecified atom stereocenters. The number of hydrogen-bond donors (Lipinski definition) is 1. The molecule has 49 heavy (non-hydrogen) atoms. The molecular formula is C38H38Br2N4O5. The van der Waals surface area contributed by atoms with E-state index >= 15 is 0 Å². The van der Waals surface area contributed by atoms with E-state index in [2.05, 4.69) is 51.0 Å². The Morgan fingerprint density at radius 3 is 2.33 bits per heavy atom. The Morgan fingerprint density at radius 2 is 1.63 bits per heavy atom. The zero-order valence-corrected chi connectivity index (χ0v) is 31.4. The van der Waals surface area contributed by atoms with E-state index in [0.29, 0.717) is 61.6 Å². The van der Waals surface area contributed by atoms with Crippen LogP contribution in [0.1, 0.15) is 55.9 Å². The van der Waals surface area contributed by atoms with Crippen molar-refractivity contribution in [1.82, 2.24) is 9.66 Å². The predicted octanol–water partition coefficient (Wildman–Crippen LogP) is 9.03. The summed E-state index contributed by atoms with van der Waals surface area (Å²) in [6.07, 6.45) is 1.57. The molecule has 0 aliphatic rings. The minimum Gasteiger partial charge on any atom is -0.494 e. The number of nitrogens with one attached hydrogen (secondary N) is 1. The first kappa shape index (κ1) is 35.8. The van der Waals surface area contributed by atoms with E-state index in [1.54, 1.807) is 24.4 Å². The number of aryl methyl sites for hydroxylation is 2. The van der Waals surface area contributed by atoms with Gasteiger partial charge in [-0.15, -0.1) is 0 Å². The molecule has 11 heteroatoms. The minimum atomic E-state index is -0.319. The lowest BCUT2D eigenvalue weighted by molar-refractivity contribution is -0.118. The van der Waals surface area contributed by atoms with Crippen LogP contribution < -0.4 is 25.1 Å². The van der Waals surface area contributed by atoms with E-state index in [1.807, 2.05) is 76.2 Å². The minimum absolute atomic E-state index is 0.171. The van der Waals surface area contributed by atoms with Crippen LogP contribution in [0.5, 0.6) is 17.2 Å². The molecule has 4 aromatic carbocycles. The second kappa shape index (κ2) is 15.8. The van der Waals surface area contributed by atoms with Gasteiger partial charge in [0.15, 0.2) is 23.9 Å². The van der Waals surface area contributed by atoms with Crippen molar-refractivity contribution in [3.8, 4) is 28.6 Å². The number of para-hydroxylation sites is 1. The average Bonchev–Trinajstić information content (AvgIpc) is 3.07. The highest BCUT2D eigenvalue weighted by molar-refractivity contribution is 9.13. The molecule has 0 fully saturated rings. The monoisotopic (exact) mass is 788 g/mol. The molecule has 5 rings (SSSR count). The van der Waals surface area contributed by atoms with Crippen molar-refractivity contribution in [2.75, 3.05) is 25.1 Å². The van der Waals surface area contributed by atoms with Gasteiger partial charge < -0.3 is 19.5 Å². The summed E-state index contributed by atoms with van der Waals surface area (Å²) in [4.78, 5) is 31.6. The largest absolute Gasteiger partial charge is 0.494 e. The van der Waals surface area contributed by atoms with E-state index in [-0.39, 0.29) is 24.0 Å². The molecule has 0 aliphatic heterocycles. The van der Waals surface area contributed by atoms with Gasteiger partial charge in [0.2, 0.25) is 0 Å². The highest BCUT2D eigenvalue weighted by Crippen LogP contribution is 2.42. The van der Waals surface area contributed by atoms with Crippen LogP contribution in [0.2, 0.25) is 0 Å². The molecule has 0 spiro atoms. The highest BCUT2D eigenvalue weighted by atomic mass is 79.9. The molecule has 0 atom stereocenters. The number of fused-ring (bicyclic) bond motifs is 1. The third kappa shape index (κ3) is 8.05. The summed E-state index contributed by atoms with van der Waals surface area (Å²) >= 11 is 7.26. The number of nitrogens with zero attached hydrogens (tertiary/aromatic N) is 3. The van der Waals surface area contributed by atoms with E-state index in [1.165, 1.54) is 4.68 Å². The Kier molecular flexibility index (Phi) is 11.6. The fourth-order valence-corrected chi connectivity index (χ4v) is 6.20. The van der Waals surface area contributed by atoms with Gasteiger partial charge in [-0.05, 0) is 119 Å². The van der Waals surface area contributed by atoms with Crippen LogP contribution in [0.15, 0.2) is 85.6 Å². The number of anilines is 1. The second-order valence-corrected chi connectivity index (χ2v) is 13.2. The van der Waals surface area contributed by atoms with Gasteiger partial charge in [-0.2, -0.15) is 9.78 Å². The highest BCUT2D eigenvalue weighted by Gasteiger charge is 2.21. The summed E-state index contributed by atoms with van der Waals surface area (Å²) in [5.41, 5.74) is 5.32. The number of carbonyl (C=O) groups excluding carboxylic acids is 1. The molecule has 1 amide bonds. The molecular weight excluding hydrogens is 752 g/mol. The van der Waals surface area contributed by atoms with Crippen molar-refractivity contribution in [1.29, 1.82) is 0 Å². The van der Waals surface area contributed by atoms with Crippen LogP contribution in [-0.4, -0.2) is 41.6 Å². The number of carbonyl (C=O) groups is 1. The van der Waals surface area contributed by atoms with Gasteiger partial charge in [0.1, 0.15) is 5.75 Å². The lowest BCUT2D eigenvalue weighted by Crippen LogP contribution is -2.21. The Hall–Kier alpha value is -4.48. The van der Waals surface area contributed by atoms with Gasteiger partial charge in [0, 0.05) is 21.3 Å². The van der Waals surface area contributed by atoms with Gasteiger partial charge in [0.05, 0.1) is 34.8 Å². The lowest BCUT2D eigenvalue weighted by Gasteiger charge is -2.18. The van der Waals surface area contributed by atoms with Crippen LogP contribution in [0.25, 0.3) is 22.3 Å². The maximum atomic E-state index is 14.0. The number of rotatable bonds is 12. The standard InChI is InChI=1S/C38H38Br2N4O5/c1-7-47-31-17-24(6)29(19-28(31)22(3)4)37-43-30-12-10-9-11-27(30)38(46)44(37)41-20-25-18-32(48-8-2)36(35(40)34(25)39)49-21-33(45)42-26-15-13-23(5)14-16-26/h9-20,22H,7-8,21H2,1-6H3,(H,42,45). The van der Waals surface area contributed by atoms with E-state index < -0.39 is 0 Å². The van der Waals surface area contributed by atoms with Crippen LogP contribution in [0.4, 0.5) is 5.69 Å². The first-order valence-electron chi connectivity index (χ1n) is 16.0. The van der Waals surface area contributed by atoms with Crippen LogP contribution in [-0.2, 0) is 4.79 Å². The summed E-state index contributed by atoms with van der Waals surface area (Å²) in [5, 5.41) is 7.99. The zero-order chi connectivity index (χ0) is 35.2. The molecule has 0 bridgehead atoms. The second-order valence-electron chi connectivity index (χ2n) is 11.7.